The summed E-state index contributed by atoms with van der Waals surface area (Å²) in [4.78, 5) is 31.3. The number of aryl methyl sites for hydroxylation is 1. The minimum absolute atomic E-state index is 0.0648. The van der Waals surface area contributed by atoms with Crippen molar-refractivity contribution in [3.8, 4) is 5.75 Å². The Balaban J connectivity index is 0.000000399. The van der Waals surface area contributed by atoms with Gasteiger partial charge in [0.2, 0.25) is 10.0 Å². The molecule has 3 fully saturated rings. The van der Waals surface area contributed by atoms with Crippen molar-refractivity contribution in [2.24, 2.45) is 17.8 Å². The van der Waals surface area contributed by atoms with Gasteiger partial charge in [-0.1, -0.05) is 30.7 Å². The average Bonchev–Trinajstić information content (AvgIpc) is 3.34. The number of nitrogens with one attached hydrogen (secondary N) is 2. The number of methoxy groups -OCH3 is 2. The molecule has 4 heterocycles. The lowest BCUT2D eigenvalue weighted by molar-refractivity contribution is -0.135. The molecule has 1 saturated carbocycles. The first-order valence-electron chi connectivity index (χ1n) is 20.9. The number of carbonyl (C=O) groups is 2. The second-order valence-corrected chi connectivity index (χ2v) is 19.9. The number of nitrogens with zero attached hydrogens (tertiary/aromatic N) is 2. The second kappa shape index (κ2) is 17.9. The number of halogens is 1. The molecule has 1 amide bonds. The standard InChI is InChI=1S/C36H45ClN2O7S.C8H16N2O/c1-24-6-4-16-36(22-40,45-3)30-11-8-27(30)20-39-21-35(15-5-7-25-18-28(37)10-12-29(25)35)23-46-32-13-9-26(19-31(32)39)34(41)38-47(42,43)33(24)14-17-44-2;1-8(6-11-7-8)10-4-2-9-3-5-10/h4,9-10,12-13,16,18-19,22,24,27,30,33H,5-8,11,14-15,17,20-21,23H2,1-3H3,(H,38,41);9H,2-7H2,1H3/b16-4+;/t24-,27-,30+,33+,35-,36-;/m0./s1. The van der Waals surface area contributed by atoms with Crippen LogP contribution < -0.4 is 19.7 Å². The predicted octanol–water partition coefficient (Wildman–Crippen LogP) is 5.16. The summed E-state index contributed by atoms with van der Waals surface area (Å²) in [5, 5.41) is 3.17. The highest BCUT2D eigenvalue weighted by Gasteiger charge is 2.49. The fourth-order valence-corrected chi connectivity index (χ4v) is 11.9. The summed E-state index contributed by atoms with van der Waals surface area (Å²) >= 11 is 6.42. The summed E-state index contributed by atoms with van der Waals surface area (Å²) in [6.07, 6.45) is 9.78. The van der Waals surface area contributed by atoms with Crippen LogP contribution in [0.1, 0.15) is 73.9 Å². The van der Waals surface area contributed by atoms with E-state index in [1.54, 1.807) is 25.3 Å². The molecule has 14 heteroatoms. The van der Waals surface area contributed by atoms with Crippen LogP contribution in [0.15, 0.2) is 48.6 Å². The molecule has 12 nitrogen and oxygen atoms in total. The van der Waals surface area contributed by atoms with Gasteiger partial charge >= 0.3 is 0 Å². The van der Waals surface area contributed by atoms with E-state index in [-0.39, 0.29) is 41.8 Å². The van der Waals surface area contributed by atoms with Gasteiger partial charge in [0.05, 0.1) is 36.3 Å². The number of hydrogen-bond donors (Lipinski definition) is 2. The quantitative estimate of drug-likeness (QED) is 0.295. The Kier molecular flexibility index (Phi) is 13.3. The Bertz CT molecular complexity index is 1940. The van der Waals surface area contributed by atoms with Gasteiger partial charge in [-0.2, -0.15) is 0 Å². The van der Waals surface area contributed by atoms with Gasteiger partial charge in [0.25, 0.3) is 5.91 Å². The molecule has 0 aromatic heterocycles. The van der Waals surface area contributed by atoms with Gasteiger partial charge in [-0.3, -0.25) is 14.5 Å². The summed E-state index contributed by atoms with van der Waals surface area (Å²) in [7, 11) is -1.00. The molecule has 2 aromatic carbocycles. The molecule has 2 saturated heterocycles. The summed E-state index contributed by atoms with van der Waals surface area (Å²) < 4.78 is 52.8. The number of aldehydes is 1. The van der Waals surface area contributed by atoms with Crippen LogP contribution in [-0.4, -0.2) is 122 Å². The van der Waals surface area contributed by atoms with Crippen molar-refractivity contribution < 1.29 is 37.0 Å². The van der Waals surface area contributed by atoms with E-state index in [1.165, 1.54) is 31.3 Å². The van der Waals surface area contributed by atoms with Crippen LogP contribution in [0.25, 0.3) is 0 Å². The number of hydrogen-bond acceptors (Lipinski definition) is 11. The van der Waals surface area contributed by atoms with Gasteiger partial charge < -0.3 is 29.2 Å². The number of ether oxygens (including phenoxy) is 4. The predicted molar refractivity (Wildman–Crippen MR) is 225 cm³/mol. The van der Waals surface area contributed by atoms with E-state index in [0.29, 0.717) is 42.4 Å². The van der Waals surface area contributed by atoms with Gasteiger partial charge in [-0.25, -0.2) is 13.1 Å². The maximum absolute atomic E-state index is 13.7. The van der Waals surface area contributed by atoms with Crippen molar-refractivity contribution in [2.45, 2.75) is 80.6 Å². The zero-order valence-corrected chi connectivity index (χ0v) is 36.0. The van der Waals surface area contributed by atoms with Crippen molar-refractivity contribution in [3.05, 3.63) is 70.3 Å². The highest BCUT2D eigenvalue weighted by molar-refractivity contribution is 7.90. The summed E-state index contributed by atoms with van der Waals surface area (Å²) in [5.74, 6) is -0.330. The third kappa shape index (κ3) is 8.73. The Morgan fingerprint density at radius 1 is 1.07 bits per heavy atom. The Morgan fingerprint density at radius 3 is 2.53 bits per heavy atom. The number of benzene rings is 2. The first-order valence-corrected chi connectivity index (χ1v) is 22.9. The largest absolute Gasteiger partial charge is 0.490 e. The fourth-order valence-electron chi connectivity index (χ4n) is 10.1. The Morgan fingerprint density at radius 2 is 1.86 bits per heavy atom. The normalized spacial score (nSPS) is 32.3. The molecule has 2 N–H and O–H groups in total. The van der Waals surface area contributed by atoms with Crippen molar-refractivity contribution in [1.29, 1.82) is 0 Å². The lowest BCUT2D eigenvalue weighted by atomic mass is 9.64. The highest BCUT2D eigenvalue weighted by atomic mass is 35.5. The van der Waals surface area contributed by atoms with Crippen LogP contribution in [0.5, 0.6) is 5.75 Å². The molecule has 0 unspecified atom stereocenters. The zero-order chi connectivity index (χ0) is 41.1. The van der Waals surface area contributed by atoms with E-state index in [0.717, 1.165) is 70.4 Å². The maximum Gasteiger partial charge on any atom is 0.264 e. The number of carbonyl (C=O) groups excluding carboxylic acids is 2. The van der Waals surface area contributed by atoms with Gasteiger partial charge in [0.15, 0.2) is 6.29 Å². The molecular formula is C44H61ClN4O8S. The third-order valence-electron chi connectivity index (χ3n) is 13.8. The van der Waals surface area contributed by atoms with Crippen LogP contribution in [0.4, 0.5) is 5.69 Å². The van der Waals surface area contributed by atoms with Crippen LogP contribution in [-0.2, 0) is 40.9 Å². The number of sulfonamides is 1. The topological polar surface area (TPSA) is 136 Å². The number of anilines is 1. The zero-order valence-electron chi connectivity index (χ0n) is 34.5. The van der Waals surface area contributed by atoms with Gasteiger partial charge in [0.1, 0.15) is 11.4 Å². The number of rotatable bonds is 6. The number of allylic oxidation sites excluding steroid dienone is 1. The second-order valence-electron chi connectivity index (χ2n) is 17.5. The number of amides is 1. The molecule has 58 heavy (non-hydrogen) atoms. The van der Waals surface area contributed by atoms with Crippen LogP contribution >= 0.6 is 11.6 Å². The minimum Gasteiger partial charge on any atom is -0.490 e. The molecule has 1 spiro atoms. The van der Waals surface area contributed by atoms with Crippen molar-refractivity contribution in [2.75, 3.05) is 84.8 Å². The monoisotopic (exact) mass is 840 g/mol. The summed E-state index contributed by atoms with van der Waals surface area (Å²) in [6.45, 7) is 12.5. The van der Waals surface area contributed by atoms with Crippen molar-refractivity contribution in [3.63, 3.8) is 0 Å². The van der Waals surface area contributed by atoms with Gasteiger partial charge in [0, 0.05) is 82.0 Å². The van der Waals surface area contributed by atoms with Gasteiger partial charge in [-0.15, -0.1) is 0 Å². The smallest absolute Gasteiger partial charge is 0.264 e. The van der Waals surface area contributed by atoms with Crippen molar-refractivity contribution in [1.82, 2.24) is 14.9 Å². The molecule has 4 aliphatic heterocycles. The molecule has 2 bridgehead atoms. The van der Waals surface area contributed by atoms with Gasteiger partial charge in [-0.05, 0) is 111 Å². The van der Waals surface area contributed by atoms with E-state index in [1.807, 2.05) is 25.1 Å². The molecule has 2 aliphatic carbocycles. The maximum atomic E-state index is 13.7. The summed E-state index contributed by atoms with van der Waals surface area (Å²) in [6, 6.07) is 11.3. The van der Waals surface area contributed by atoms with Crippen LogP contribution in [0, 0.1) is 17.8 Å². The van der Waals surface area contributed by atoms with E-state index in [4.69, 9.17) is 30.5 Å². The molecular weight excluding hydrogens is 780 g/mol. The first kappa shape index (κ1) is 43.1. The molecule has 2 aromatic rings. The van der Waals surface area contributed by atoms with E-state index >= 15 is 0 Å². The number of piperazine rings is 1. The third-order valence-corrected chi connectivity index (χ3v) is 16.0. The molecule has 8 rings (SSSR count). The first-order chi connectivity index (χ1) is 27.9. The highest BCUT2D eigenvalue weighted by Crippen LogP contribution is 2.48. The molecule has 6 aliphatic rings. The Labute approximate surface area is 349 Å². The van der Waals surface area contributed by atoms with E-state index < -0.39 is 26.8 Å². The average molecular weight is 842 g/mol. The van der Waals surface area contributed by atoms with Crippen LogP contribution in [0.2, 0.25) is 5.02 Å². The Hall–Kier alpha value is -3.04. The molecule has 318 valence electrons. The minimum atomic E-state index is -4.09. The lowest BCUT2D eigenvalue weighted by Gasteiger charge is -2.48. The van der Waals surface area contributed by atoms with E-state index in [9.17, 15) is 18.0 Å². The molecule has 0 radical (unpaired) electrons. The van der Waals surface area contributed by atoms with E-state index in [2.05, 4.69) is 38.9 Å². The lowest BCUT2D eigenvalue weighted by Crippen LogP contribution is -2.64. The molecule has 6 atom stereocenters. The fraction of sp³-hybridized carbons (Fsp3) is 0.636. The summed E-state index contributed by atoms with van der Waals surface area (Å²) in [5.41, 5.74) is 2.33. The number of fused-ring (bicyclic) bond motifs is 4. The SMILES string of the molecule is CC1(N2CCNCC2)COC1.COCC[C@@H]1[C@@H](C)C/C=C/[C@@](C=O)(OC)[C@@H]2CC[C@H]2CN2C[C@@]3(CCCc4cc(Cl)ccc43)COc3ccc(cc32)C(=O)NS1(=O)=O. The van der Waals surface area contributed by atoms with Crippen LogP contribution in [0.3, 0.4) is 0 Å². The van der Waals surface area contributed by atoms with Crippen molar-refractivity contribution >= 4 is 39.5 Å².